The number of hydrogen-bond donors (Lipinski definition) is 1. The second-order valence-corrected chi connectivity index (χ2v) is 5.74. The lowest BCUT2D eigenvalue weighted by atomic mass is 10.1. The second kappa shape index (κ2) is 7.14. The highest BCUT2D eigenvalue weighted by molar-refractivity contribution is 7.12. The lowest BCUT2D eigenvalue weighted by Gasteiger charge is -2.33. The summed E-state index contributed by atoms with van der Waals surface area (Å²) in [5.74, 6) is 0. The minimum absolute atomic E-state index is 0.380. The van der Waals surface area contributed by atoms with E-state index in [4.69, 9.17) is 5.73 Å². The van der Waals surface area contributed by atoms with E-state index in [1.807, 2.05) is 11.3 Å². The monoisotopic (exact) mass is 254 g/mol. The van der Waals surface area contributed by atoms with Gasteiger partial charge in [0.05, 0.1) is 6.04 Å². The molecule has 1 atom stereocenters. The van der Waals surface area contributed by atoms with Crippen molar-refractivity contribution in [2.24, 2.45) is 5.73 Å². The Morgan fingerprint density at radius 2 is 1.88 bits per heavy atom. The lowest BCUT2D eigenvalue weighted by Crippen LogP contribution is -2.37. The van der Waals surface area contributed by atoms with Crippen molar-refractivity contribution in [1.82, 2.24) is 4.90 Å². The van der Waals surface area contributed by atoms with E-state index in [1.165, 1.54) is 22.6 Å². The molecule has 2 nitrogen and oxygen atoms in total. The van der Waals surface area contributed by atoms with Crippen LogP contribution in [0, 0.1) is 0 Å². The topological polar surface area (TPSA) is 29.3 Å². The SMILES string of the molecule is CCc1ccc(C(CN)N(C)C(CC)CC)s1. The molecule has 0 saturated carbocycles. The Morgan fingerprint density at radius 1 is 1.24 bits per heavy atom. The molecule has 0 spiro atoms. The number of aryl methyl sites for hydroxylation is 1. The second-order valence-electron chi connectivity index (χ2n) is 4.54. The number of hydrogen-bond acceptors (Lipinski definition) is 3. The van der Waals surface area contributed by atoms with Gasteiger partial charge in [0.1, 0.15) is 0 Å². The van der Waals surface area contributed by atoms with Crippen molar-refractivity contribution in [3.8, 4) is 0 Å². The quantitative estimate of drug-likeness (QED) is 0.807. The van der Waals surface area contributed by atoms with Crippen LogP contribution in [0.3, 0.4) is 0 Å². The van der Waals surface area contributed by atoms with Crippen molar-refractivity contribution >= 4 is 11.3 Å². The van der Waals surface area contributed by atoms with Gasteiger partial charge in [-0.15, -0.1) is 11.3 Å². The van der Waals surface area contributed by atoms with Crippen LogP contribution >= 0.6 is 11.3 Å². The molecule has 0 fully saturated rings. The molecule has 98 valence electrons. The van der Waals surface area contributed by atoms with Gasteiger partial charge in [-0.2, -0.15) is 0 Å². The first-order valence-electron chi connectivity index (χ1n) is 6.68. The molecule has 0 aliphatic rings. The van der Waals surface area contributed by atoms with Crippen LogP contribution in [0.4, 0.5) is 0 Å². The van der Waals surface area contributed by atoms with Crippen LogP contribution in [0.1, 0.15) is 49.4 Å². The standard InChI is InChI=1S/C14H26N2S/c1-5-11(6-2)16(4)13(10-15)14-9-8-12(7-3)17-14/h8-9,11,13H,5-7,10,15H2,1-4H3. The first kappa shape index (κ1) is 14.7. The summed E-state index contributed by atoms with van der Waals surface area (Å²) >= 11 is 1.91. The van der Waals surface area contributed by atoms with Gasteiger partial charge in [0.25, 0.3) is 0 Å². The Balaban J connectivity index is 2.82. The van der Waals surface area contributed by atoms with Gasteiger partial charge in [-0.25, -0.2) is 0 Å². The van der Waals surface area contributed by atoms with Crippen LogP contribution < -0.4 is 5.73 Å². The van der Waals surface area contributed by atoms with Crippen molar-refractivity contribution in [3.63, 3.8) is 0 Å². The Labute approximate surface area is 110 Å². The molecule has 0 radical (unpaired) electrons. The summed E-state index contributed by atoms with van der Waals surface area (Å²) in [6, 6.07) is 5.50. The zero-order valence-corrected chi connectivity index (χ0v) is 12.4. The molecular formula is C14H26N2S. The predicted molar refractivity (Wildman–Crippen MR) is 77.6 cm³/mol. The summed E-state index contributed by atoms with van der Waals surface area (Å²) in [5, 5.41) is 0. The predicted octanol–water partition coefficient (Wildman–Crippen LogP) is 3.43. The molecule has 17 heavy (non-hydrogen) atoms. The molecular weight excluding hydrogens is 228 g/mol. The number of likely N-dealkylation sites (N-methyl/N-ethyl adjacent to an activating group) is 1. The maximum Gasteiger partial charge on any atom is 0.0564 e. The van der Waals surface area contributed by atoms with E-state index < -0.39 is 0 Å². The van der Waals surface area contributed by atoms with Gasteiger partial charge in [-0.1, -0.05) is 20.8 Å². The average Bonchev–Trinajstić information content (AvgIpc) is 2.80. The smallest absolute Gasteiger partial charge is 0.0564 e. The van der Waals surface area contributed by atoms with E-state index in [-0.39, 0.29) is 0 Å². The zero-order valence-electron chi connectivity index (χ0n) is 11.6. The average molecular weight is 254 g/mol. The fourth-order valence-electron chi connectivity index (χ4n) is 2.37. The molecule has 0 aliphatic heterocycles. The van der Waals surface area contributed by atoms with Crippen molar-refractivity contribution in [3.05, 3.63) is 21.9 Å². The Morgan fingerprint density at radius 3 is 2.29 bits per heavy atom. The summed E-state index contributed by atoms with van der Waals surface area (Å²) in [6.07, 6.45) is 3.50. The fraction of sp³-hybridized carbons (Fsp3) is 0.714. The van der Waals surface area contributed by atoms with E-state index in [0.29, 0.717) is 18.6 Å². The van der Waals surface area contributed by atoms with Gasteiger partial charge in [-0.3, -0.25) is 4.90 Å². The summed E-state index contributed by atoms with van der Waals surface area (Å²) in [4.78, 5) is 5.32. The molecule has 2 N–H and O–H groups in total. The number of nitrogens with two attached hydrogens (primary N) is 1. The van der Waals surface area contributed by atoms with E-state index in [1.54, 1.807) is 0 Å². The molecule has 0 saturated heterocycles. The minimum Gasteiger partial charge on any atom is -0.329 e. The summed E-state index contributed by atoms with van der Waals surface area (Å²) in [6.45, 7) is 7.42. The van der Waals surface area contributed by atoms with Crippen LogP contribution in [-0.4, -0.2) is 24.5 Å². The van der Waals surface area contributed by atoms with Gasteiger partial charge < -0.3 is 5.73 Å². The highest BCUT2D eigenvalue weighted by Gasteiger charge is 2.22. The summed E-state index contributed by atoms with van der Waals surface area (Å²) in [5.41, 5.74) is 5.97. The zero-order chi connectivity index (χ0) is 12.8. The van der Waals surface area contributed by atoms with Crippen molar-refractivity contribution < 1.29 is 0 Å². The first-order valence-corrected chi connectivity index (χ1v) is 7.50. The molecule has 3 heteroatoms. The molecule has 1 unspecified atom stereocenters. The van der Waals surface area contributed by atoms with Crippen molar-refractivity contribution in [2.45, 2.75) is 52.1 Å². The van der Waals surface area contributed by atoms with E-state index >= 15 is 0 Å². The summed E-state index contributed by atoms with van der Waals surface area (Å²) < 4.78 is 0. The van der Waals surface area contributed by atoms with E-state index in [9.17, 15) is 0 Å². The maximum atomic E-state index is 5.97. The summed E-state index contributed by atoms with van der Waals surface area (Å²) in [7, 11) is 2.21. The van der Waals surface area contributed by atoms with Gasteiger partial charge in [0.15, 0.2) is 0 Å². The van der Waals surface area contributed by atoms with Crippen LogP contribution in [0.2, 0.25) is 0 Å². The third-order valence-corrected chi connectivity index (χ3v) is 4.92. The maximum absolute atomic E-state index is 5.97. The number of nitrogens with zero attached hydrogens (tertiary/aromatic N) is 1. The van der Waals surface area contributed by atoms with Crippen LogP contribution in [0.5, 0.6) is 0 Å². The highest BCUT2D eigenvalue weighted by atomic mass is 32.1. The largest absolute Gasteiger partial charge is 0.329 e. The van der Waals surface area contributed by atoms with Crippen LogP contribution in [0.15, 0.2) is 12.1 Å². The van der Waals surface area contributed by atoms with Gasteiger partial charge >= 0.3 is 0 Å². The molecule has 0 aliphatic carbocycles. The normalized spacial score (nSPS) is 13.6. The van der Waals surface area contributed by atoms with E-state index in [2.05, 4.69) is 44.9 Å². The van der Waals surface area contributed by atoms with Crippen LogP contribution in [0.25, 0.3) is 0 Å². The van der Waals surface area contributed by atoms with Crippen molar-refractivity contribution in [2.75, 3.05) is 13.6 Å². The highest BCUT2D eigenvalue weighted by Crippen LogP contribution is 2.29. The Kier molecular flexibility index (Phi) is 6.17. The van der Waals surface area contributed by atoms with E-state index in [0.717, 1.165) is 6.42 Å². The minimum atomic E-state index is 0.380. The molecule has 0 amide bonds. The Hall–Kier alpha value is -0.380. The van der Waals surface area contributed by atoms with Crippen molar-refractivity contribution in [1.29, 1.82) is 0 Å². The number of rotatable bonds is 7. The third-order valence-electron chi connectivity index (χ3n) is 3.59. The fourth-order valence-corrected chi connectivity index (χ4v) is 3.48. The van der Waals surface area contributed by atoms with Gasteiger partial charge in [0.2, 0.25) is 0 Å². The molecule has 1 aromatic rings. The third kappa shape index (κ3) is 3.54. The molecule has 0 bridgehead atoms. The first-order chi connectivity index (χ1) is 8.17. The molecule has 0 aromatic carbocycles. The van der Waals surface area contributed by atoms with Crippen LogP contribution in [-0.2, 0) is 6.42 Å². The van der Waals surface area contributed by atoms with Gasteiger partial charge in [0, 0.05) is 22.3 Å². The lowest BCUT2D eigenvalue weighted by molar-refractivity contribution is 0.170. The van der Waals surface area contributed by atoms with Gasteiger partial charge in [-0.05, 0) is 38.4 Å². The molecule has 1 aromatic heterocycles. The molecule has 1 heterocycles. The Bertz CT molecular complexity index is 318. The number of thiophene rings is 1. The molecule has 1 rings (SSSR count).